The van der Waals surface area contributed by atoms with Crippen molar-refractivity contribution in [1.29, 1.82) is 0 Å². The molecule has 0 unspecified atom stereocenters. The number of benzene rings is 1. The van der Waals surface area contributed by atoms with Crippen molar-refractivity contribution < 1.29 is 22.4 Å². The minimum atomic E-state index is -4.69. The van der Waals surface area contributed by atoms with Crippen LogP contribution in [0.5, 0.6) is 0 Å². The van der Waals surface area contributed by atoms with Gasteiger partial charge in [0.05, 0.1) is 5.56 Å². The zero-order valence-electron chi connectivity index (χ0n) is 12.6. The fourth-order valence-corrected chi connectivity index (χ4v) is 2.97. The minimum absolute atomic E-state index is 0.0577. The lowest BCUT2D eigenvalue weighted by Gasteiger charge is -2.26. The molecule has 1 amide bonds. The Hall–Kier alpha value is -1.63. The van der Waals surface area contributed by atoms with Crippen LogP contribution in [-0.4, -0.2) is 12.5 Å². The van der Waals surface area contributed by atoms with E-state index in [1.807, 2.05) is 0 Å². The summed E-state index contributed by atoms with van der Waals surface area (Å²) >= 11 is 0. The number of carbonyl (C=O) groups is 1. The molecule has 3 N–H and O–H groups in total. The summed E-state index contributed by atoms with van der Waals surface area (Å²) in [6.45, 7) is 0.906. The lowest BCUT2D eigenvalue weighted by atomic mass is 9.81. The molecular weight excluding hydrogens is 312 g/mol. The highest BCUT2D eigenvalue weighted by Crippen LogP contribution is 2.32. The van der Waals surface area contributed by atoms with Gasteiger partial charge in [0.2, 0.25) is 5.91 Å². The third-order valence-corrected chi connectivity index (χ3v) is 4.35. The van der Waals surface area contributed by atoms with E-state index >= 15 is 0 Å². The van der Waals surface area contributed by atoms with Crippen LogP contribution >= 0.6 is 0 Å². The highest BCUT2D eigenvalue weighted by atomic mass is 19.4. The Kier molecular flexibility index (Phi) is 5.62. The Balaban J connectivity index is 1.82. The fraction of sp³-hybridized carbons (Fsp3) is 0.562. The molecule has 3 nitrogen and oxygen atoms in total. The van der Waals surface area contributed by atoms with Crippen molar-refractivity contribution >= 4 is 5.91 Å². The van der Waals surface area contributed by atoms with Gasteiger partial charge in [0.25, 0.3) is 0 Å². The maximum absolute atomic E-state index is 13.2. The number of nitrogens with two attached hydrogens (primary N) is 1. The normalized spacial score (nSPS) is 22.1. The molecule has 0 radical (unpaired) electrons. The molecule has 1 fully saturated rings. The first-order chi connectivity index (χ1) is 10.8. The number of nitrogens with one attached hydrogen (secondary N) is 1. The molecule has 1 aromatic rings. The molecule has 1 aromatic carbocycles. The van der Waals surface area contributed by atoms with Gasteiger partial charge in [-0.15, -0.1) is 0 Å². The molecule has 0 aliphatic heterocycles. The summed E-state index contributed by atoms with van der Waals surface area (Å²) in [5, 5.41) is 3.11. The quantitative estimate of drug-likeness (QED) is 0.814. The van der Waals surface area contributed by atoms with E-state index < -0.39 is 17.6 Å². The first kappa shape index (κ1) is 17.7. The molecule has 0 atom stereocenters. The number of primary amides is 1. The lowest BCUT2D eigenvalue weighted by Crippen LogP contribution is -2.31. The predicted octanol–water partition coefficient (Wildman–Crippen LogP) is 3.23. The van der Waals surface area contributed by atoms with Crippen LogP contribution in [0, 0.1) is 17.7 Å². The van der Waals surface area contributed by atoms with E-state index in [4.69, 9.17) is 5.73 Å². The van der Waals surface area contributed by atoms with Crippen LogP contribution in [0.25, 0.3) is 0 Å². The highest BCUT2D eigenvalue weighted by molar-refractivity contribution is 5.76. The van der Waals surface area contributed by atoms with E-state index in [0.29, 0.717) is 18.0 Å². The van der Waals surface area contributed by atoms with Crippen LogP contribution in [-0.2, 0) is 17.5 Å². The third kappa shape index (κ3) is 4.92. The number of hydrogen-bond acceptors (Lipinski definition) is 2. The Bertz CT molecular complexity index is 552. The number of hydrogen-bond donors (Lipinski definition) is 2. The Labute approximate surface area is 132 Å². The number of halogens is 4. The number of alkyl halides is 3. The molecule has 1 aliphatic rings. The molecule has 1 saturated carbocycles. The van der Waals surface area contributed by atoms with E-state index in [1.165, 1.54) is 6.07 Å². The topological polar surface area (TPSA) is 55.1 Å². The second kappa shape index (κ2) is 7.29. The molecule has 0 spiro atoms. The third-order valence-electron chi connectivity index (χ3n) is 4.35. The molecule has 0 bridgehead atoms. The van der Waals surface area contributed by atoms with Crippen LogP contribution in [0.1, 0.15) is 36.8 Å². The SMILES string of the molecule is NC(=O)C1CCC(CNCc2ccc(F)c(C(F)(F)F)c2)CC1. The summed E-state index contributed by atoms with van der Waals surface area (Å²) in [7, 11) is 0. The van der Waals surface area contributed by atoms with Crippen LogP contribution < -0.4 is 11.1 Å². The van der Waals surface area contributed by atoms with Gasteiger partial charge in [-0.2, -0.15) is 13.2 Å². The average Bonchev–Trinajstić information content (AvgIpc) is 2.48. The number of rotatable bonds is 5. The molecular formula is C16H20F4N2O. The van der Waals surface area contributed by atoms with Crippen molar-refractivity contribution in [1.82, 2.24) is 5.32 Å². The summed E-state index contributed by atoms with van der Waals surface area (Å²) in [5.41, 5.74) is 4.43. The van der Waals surface area contributed by atoms with Gasteiger partial charge in [-0.05, 0) is 55.8 Å². The Morgan fingerprint density at radius 1 is 1.22 bits per heavy atom. The largest absolute Gasteiger partial charge is 0.419 e. The van der Waals surface area contributed by atoms with Gasteiger partial charge < -0.3 is 11.1 Å². The van der Waals surface area contributed by atoms with E-state index in [0.717, 1.165) is 37.8 Å². The van der Waals surface area contributed by atoms with Gasteiger partial charge in [0, 0.05) is 12.5 Å². The van der Waals surface area contributed by atoms with Gasteiger partial charge in [-0.25, -0.2) is 4.39 Å². The molecule has 0 heterocycles. The van der Waals surface area contributed by atoms with Gasteiger partial charge in [-0.3, -0.25) is 4.79 Å². The number of carbonyl (C=O) groups excluding carboxylic acids is 1. The van der Waals surface area contributed by atoms with Crippen molar-refractivity contribution in [2.24, 2.45) is 17.6 Å². The molecule has 128 valence electrons. The predicted molar refractivity (Wildman–Crippen MR) is 77.8 cm³/mol. The molecule has 0 aromatic heterocycles. The summed E-state index contributed by atoms with van der Waals surface area (Å²) in [6.07, 6.45) is -1.42. The van der Waals surface area contributed by atoms with Crippen molar-refractivity contribution in [3.05, 3.63) is 35.1 Å². The second-order valence-electron chi connectivity index (χ2n) is 6.06. The van der Waals surface area contributed by atoms with E-state index in [2.05, 4.69) is 5.32 Å². The molecule has 23 heavy (non-hydrogen) atoms. The van der Waals surface area contributed by atoms with Crippen molar-refractivity contribution in [2.75, 3.05) is 6.54 Å². The Morgan fingerprint density at radius 3 is 2.43 bits per heavy atom. The van der Waals surface area contributed by atoms with Gasteiger partial charge in [0.1, 0.15) is 5.82 Å². The highest BCUT2D eigenvalue weighted by Gasteiger charge is 2.34. The summed E-state index contributed by atoms with van der Waals surface area (Å²) < 4.78 is 51.1. The second-order valence-corrected chi connectivity index (χ2v) is 6.06. The van der Waals surface area contributed by atoms with Crippen molar-refractivity contribution in [3.63, 3.8) is 0 Å². The minimum Gasteiger partial charge on any atom is -0.369 e. The summed E-state index contributed by atoms with van der Waals surface area (Å²) in [5.74, 6) is -1.20. The van der Waals surface area contributed by atoms with E-state index in [-0.39, 0.29) is 18.4 Å². The van der Waals surface area contributed by atoms with Gasteiger partial charge in [0.15, 0.2) is 0 Å². The van der Waals surface area contributed by atoms with Crippen LogP contribution in [0.3, 0.4) is 0 Å². The summed E-state index contributed by atoms with van der Waals surface area (Å²) in [6, 6.07) is 3.03. The van der Waals surface area contributed by atoms with Crippen molar-refractivity contribution in [2.45, 2.75) is 38.4 Å². The van der Waals surface area contributed by atoms with Crippen molar-refractivity contribution in [3.8, 4) is 0 Å². The maximum atomic E-state index is 13.2. The van der Waals surface area contributed by atoms with Gasteiger partial charge >= 0.3 is 6.18 Å². The first-order valence-corrected chi connectivity index (χ1v) is 7.63. The zero-order valence-corrected chi connectivity index (χ0v) is 12.6. The summed E-state index contributed by atoms with van der Waals surface area (Å²) in [4.78, 5) is 11.1. The first-order valence-electron chi connectivity index (χ1n) is 7.63. The molecule has 7 heteroatoms. The molecule has 0 saturated heterocycles. The van der Waals surface area contributed by atoms with E-state index in [9.17, 15) is 22.4 Å². The fourth-order valence-electron chi connectivity index (χ4n) is 2.97. The smallest absolute Gasteiger partial charge is 0.369 e. The lowest BCUT2D eigenvalue weighted by molar-refractivity contribution is -0.140. The van der Waals surface area contributed by atoms with Crippen LogP contribution in [0.15, 0.2) is 18.2 Å². The standard InChI is InChI=1S/C16H20F4N2O/c17-14-6-3-11(7-13(14)16(18,19)20)9-22-8-10-1-4-12(5-2-10)15(21)23/h3,6-7,10,12,22H,1-2,4-5,8-9H2,(H2,21,23). The monoisotopic (exact) mass is 332 g/mol. The van der Waals surface area contributed by atoms with Crippen LogP contribution in [0.2, 0.25) is 0 Å². The zero-order chi connectivity index (χ0) is 17.0. The molecule has 2 rings (SSSR count). The van der Waals surface area contributed by atoms with E-state index in [1.54, 1.807) is 0 Å². The Morgan fingerprint density at radius 2 is 1.87 bits per heavy atom. The maximum Gasteiger partial charge on any atom is 0.419 e. The average molecular weight is 332 g/mol. The number of amides is 1. The molecule has 1 aliphatic carbocycles. The van der Waals surface area contributed by atoms with Crippen LogP contribution in [0.4, 0.5) is 17.6 Å². The van der Waals surface area contributed by atoms with Gasteiger partial charge in [-0.1, -0.05) is 6.07 Å².